The average molecular weight is 272 g/mol. The number of rotatable bonds is 4. The molecular formula is C17H24N2O. The Bertz CT molecular complexity index is 496. The van der Waals surface area contributed by atoms with Crippen LogP contribution in [0.5, 0.6) is 0 Å². The van der Waals surface area contributed by atoms with Crippen LogP contribution >= 0.6 is 0 Å². The van der Waals surface area contributed by atoms with E-state index in [-0.39, 0.29) is 0 Å². The fourth-order valence-corrected chi connectivity index (χ4v) is 3.21. The first-order chi connectivity index (χ1) is 9.86. The molecule has 3 heteroatoms. The quantitative estimate of drug-likeness (QED) is 0.850. The molecule has 0 radical (unpaired) electrons. The molecule has 1 N–H and O–H groups in total. The molecule has 1 aromatic carbocycles. The monoisotopic (exact) mass is 272 g/mol. The Morgan fingerprint density at radius 2 is 2.25 bits per heavy atom. The van der Waals surface area contributed by atoms with E-state index in [2.05, 4.69) is 34.5 Å². The Balaban J connectivity index is 1.67. The predicted octanol–water partition coefficient (Wildman–Crippen LogP) is 2.11. The van der Waals surface area contributed by atoms with E-state index >= 15 is 0 Å². The third-order valence-electron chi connectivity index (χ3n) is 4.35. The van der Waals surface area contributed by atoms with Gasteiger partial charge in [0.05, 0.1) is 6.61 Å². The van der Waals surface area contributed by atoms with Gasteiger partial charge in [-0.25, -0.2) is 0 Å². The summed E-state index contributed by atoms with van der Waals surface area (Å²) in [4.78, 5) is 2.54. The number of fused-ring (bicyclic) bond motifs is 1. The normalized spacial score (nSPS) is 19.6. The largest absolute Gasteiger partial charge is 0.380 e. The first-order valence-corrected chi connectivity index (χ1v) is 7.56. The number of methoxy groups -OCH3 is 1. The van der Waals surface area contributed by atoms with Crippen LogP contribution in [0.1, 0.15) is 23.1 Å². The van der Waals surface area contributed by atoms with Crippen molar-refractivity contribution >= 4 is 0 Å². The van der Waals surface area contributed by atoms with Crippen LogP contribution in [0, 0.1) is 0 Å². The van der Waals surface area contributed by atoms with E-state index in [1.54, 1.807) is 12.7 Å². The number of benzene rings is 1. The van der Waals surface area contributed by atoms with Gasteiger partial charge in [0.1, 0.15) is 0 Å². The van der Waals surface area contributed by atoms with Crippen molar-refractivity contribution in [3.63, 3.8) is 0 Å². The van der Waals surface area contributed by atoms with Gasteiger partial charge in [0.2, 0.25) is 0 Å². The molecular weight excluding hydrogens is 248 g/mol. The number of nitrogens with zero attached hydrogens (tertiary/aromatic N) is 1. The number of hydrogen-bond donors (Lipinski definition) is 1. The second-order valence-corrected chi connectivity index (χ2v) is 5.76. The minimum atomic E-state index is 0.792. The van der Waals surface area contributed by atoms with Crippen LogP contribution in [-0.2, 0) is 24.2 Å². The molecule has 0 amide bonds. The lowest BCUT2D eigenvalue weighted by Crippen LogP contribution is -2.31. The summed E-state index contributed by atoms with van der Waals surface area (Å²) in [5.41, 5.74) is 6.04. The van der Waals surface area contributed by atoms with E-state index in [0.717, 1.165) is 45.8 Å². The minimum absolute atomic E-state index is 0.792. The maximum absolute atomic E-state index is 5.22. The van der Waals surface area contributed by atoms with Crippen molar-refractivity contribution in [2.75, 3.05) is 33.4 Å². The maximum Gasteiger partial charge on any atom is 0.0673 e. The molecule has 3 rings (SSSR count). The molecule has 0 aliphatic carbocycles. The summed E-state index contributed by atoms with van der Waals surface area (Å²) in [6.07, 6.45) is 4.65. The highest BCUT2D eigenvalue weighted by Crippen LogP contribution is 2.21. The molecule has 0 bridgehead atoms. The van der Waals surface area contributed by atoms with Crippen LogP contribution in [0.3, 0.4) is 0 Å². The van der Waals surface area contributed by atoms with Gasteiger partial charge in [0, 0.05) is 33.3 Å². The standard InChI is InChI=1S/C17H24N2O/c1-20-13-14-6-9-19(10-7-14)12-16-4-2-3-15-11-18-8-5-17(15)16/h2-4,6,18H,5,7-13H2,1H3. The van der Waals surface area contributed by atoms with Crippen molar-refractivity contribution in [3.8, 4) is 0 Å². The maximum atomic E-state index is 5.22. The lowest BCUT2D eigenvalue weighted by Gasteiger charge is -2.28. The van der Waals surface area contributed by atoms with Crippen LogP contribution in [0.15, 0.2) is 29.8 Å². The minimum Gasteiger partial charge on any atom is -0.380 e. The van der Waals surface area contributed by atoms with Gasteiger partial charge in [0.25, 0.3) is 0 Å². The fourth-order valence-electron chi connectivity index (χ4n) is 3.21. The second kappa shape index (κ2) is 6.53. The molecule has 108 valence electrons. The van der Waals surface area contributed by atoms with Gasteiger partial charge in [0.15, 0.2) is 0 Å². The van der Waals surface area contributed by atoms with E-state index < -0.39 is 0 Å². The van der Waals surface area contributed by atoms with Crippen molar-refractivity contribution in [2.45, 2.75) is 25.9 Å². The molecule has 2 aliphatic heterocycles. The molecule has 20 heavy (non-hydrogen) atoms. The third-order valence-corrected chi connectivity index (χ3v) is 4.35. The first kappa shape index (κ1) is 13.8. The summed E-state index contributed by atoms with van der Waals surface area (Å²) in [6, 6.07) is 6.77. The Kier molecular flexibility index (Phi) is 4.51. The Labute approximate surface area is 121 Å². The lowest BCUT2D eigenvalue weighted by atomic mass is 9.95. The van der Waals surface area contributed by atoms with Crippen molar-refractivity contribution in [3.05, 3.63) is 46.5 Å². The van der Waals surface area contributed by atoms with E-state index in [9.17, 15) is 0 Å². The van der Waals surface area contributed by atoms with Crippen LogP contribution in [0.25, 0.3) is 0 Å². The Hall–Kier alpha value is -1.16. The van der Waals surface area contributed by atoms with Crippen molar-refractivity contribution in [1.82, 2.24) is 10.2 Å². The number of nitrogens with one attached hydrogen (secondary N) is 1. The molecule has 3 nitrogen and oxygen atoms in total. The molecule has 0 saturated heterocycles. The zero-order valence-electron chi connectivity index (χ0n) is 12.3. The highest BCUT2D eigenvalue weighted by atomic mass is 16.5. The van der Waals surface area contributed by atoms with Gasteiger partial charge in [-0.2, -0.15) is 0 Å². The van der Waals surface area contributed by atoms with Crippen molar-refractivity contribution < 1.29 is 4.74 Å². The highest BCUT2D eigenvalue weighted by molar-refractivity contribution is 5.37. The van der Waals surface area contributed by atoms with Crippen LogP contribution in [-0.4, -0.2) is 38.3 Å². The van der Waals surface area contributed by atoms with Gasteiger partial charge in [-0.3, -0.25) is 4.90 Å². The smallest absolute Gasteiger partial charge is 0.0673 e. The summed E-state index contributed by atoms with van der Waals surface area (Å²) in [7, 11) is 1.78. The molecule has 2 heterocycles. The van der Waals surface area contributed by atoms with Gasteiger partial charge in [-0.05, 0) is 41.6 Å². The summed E-state index contributed by atoms with van der Waals surface area (Å²) >= 11 is 0. The first-order valence-electron chi connectivity index (χ1n) is 7.56. The predicted molar refractivity (Wildman–Crippen MR) is 81.7 cm³/mol. The van der Waals surface area contributed by atoms with E-state index in [1.807, 2.05) is 0 Å². The Morgan fingerprint density at radius 3 is 3.05 bits per heavy atom. The SMILES string of the molecule is COCC1=CCN(Cc2cccc3c2CCNC3)CC1. The summed E-state index contributed by atoms with van der Waals surface area (Å²) < 4.78 is 5.22. The topological polar surface area (TPSA) is 24.5 Å². The van der Waals surface area contributed by atoms with Gasteiger partial charge >= 0.3 is 0 Å². The number of ether oxygens (including phenoxy) is 1. The summed E-state index contributed by atoms with van der Waals surface area (Å²) in [5.74, 6) is 0. The lowest BCUT2D eigenvalue weighted by molar-refractivity contribution is 0.210. The zero-order valence-corrected chi connectivity index (χ0v) is 12.3. The molecule has 0 aromatic heterocycles. The second-order valence-electron chi connectivity index (χ2n) is 5.76. The number of hydrogen-bond acceptors (Lipinski definition) is 3. The van der Waals surface area contributed by atoms with Crippen LogP contribution in [0.4, 0.5) is 0 Å². The van der Waals surface area contributed by atoms with E-state index in [0.29, 0.717) is 0 Å². The molecule has 0 atom stereocenters. The van der Waals surface area contributed by atoms with Gasteiger partial charge in [-0.15, -0.1) is 0 Å². The third kappa shape index (κ3) is 3.11. The summed E-state index contributed by atoms with van der Waals surface area (Å²) in [6.45, 7) is 6.22. The molecule has 0 unspecified atom stereocenters. The molecule has 0 spiro atoms. The van der Waals surface area contributed by atoms with Gasteiger partial charge < -0.3 is 10.1 Å². The fraction of sp³-hybridized carbons (Fsp3) is 0.529. The molecule has 0 fully saturated rings. The average Bonchev–Trinajstić information content (AvgIpc) is 2.50. The van der Waals surface area contributed by atoms with Crippen LogP contribution < -0.4 is 5.32 Å². The van der Waals surface area contributed by atoms with Crippen LogP contribution in [0.2, 0.25) is 0 Å². The summed E-state index contributed by atoms with van der Waals surface area (Å²) in [5, 5.41) is 3.45. The molecule has 2 aliphatic rings. The van der Waals surface area contributed by atoms with Crippen molar-refractivity contribution in [1.29, 1.82) is 0 Å². The van der Waals surface area contributed by atoms with Gasteiger partial charge in [-0.1, -0.05) is 24.3 Å². The Morgan fingerprint density at radius 1 is 1.30 bits per heavy atom. The van der Waals surface area contributed by atoms with Crippen molar-refractivity contribution in [2.24, 2.45) is 0 Å². The molecule has 1 aromatic rings. The highest BCUT2D eigenvalue weighted by Gasteiger charge is 2.16. The zero-order chi connectivity index (χ0) is 13.8. The molecule has 0 saturated carbocycles. The van der Waals surface area contributed by atoms with E-state index in [4.69, 9.17) is 4.74 Å². The van der Waals surface area contributed by atoms with E-state index in [1.165, 1.54) is 23.1 Å².